The van der Waals surface area contributed by atoms with Crippen molar-refractivity contribution in [3.05, 3.63) is 111 Å². The van der Waals surface area contributed by atoms with Gasteiger partial charge in [0.05, 0.1) is 16.6 Å². The molecular weight excluding hydrogens is 425 g/mol. The molecule has 0 fully saturated rings. The van der Waals surface area contributed by atoms with Crippen molar-refractivity contribution in [3.63, 3.8) is 0 Å². The topological polar surface area (TPSA) is 20.3 Å². The van der Waals surface area contributed by atoms with Crippen LogP contribution in [0.15, 0.2) is 78.9 Å². The molecule has 0 aliphatic carbocycles. The van der Waals surface area contributed by atoms with Crippen LogP contribution in [-0.4, -0.2) is 5.91 Å². The van der Waals surface area contributed by atoms with Crippen LogP contribution in [0.5, 0.6) is 0 Å². The number of carbonyl (C=O) groups is 1. The van der Waals surface area contributed by atoms with Gasteiger partial charge in [-0.05, 0) is 52.6 Å². The van der Waals surface area contributed by atoms with Gasteiger partial charge in [-0.3, -0.25) is 4.79 Å². The Hall–Kier alpha value is -2.81. The third-order valence-corrected chi connectivity index (χ3v) is 6.77. The Morgan fingerprint density at radius 2 is 1.74 bits per heavy atom. The van der Waals surface area contributed by atoms with Gasteiger partial charge in [-0.1, -0.05) is 89.4 Å². The molecule has 154 valence electrons. The van der Waals surface area contributed by atoms with E-state index in [4.69, 9.17) is 23.2 Å². The monoisotopic (exact) mass is 445 g/mol. The molecule has 1 unspecified atom stereocenters. The predicted molar refractivity (Wildman–Crippen MR) is 129 cm³/mol. The van der Waals surface area contributed by atoms with Crippen LogP contribution >= 0.6 is 23.2 Å². The van der Waals surface area contributed by atoms with Gasteiger partial charge in [0.2, 0.25) is 5.91 Å². The SMILES string of the molecule is Cc1cccc(CN2C(=O)CC(c3ccc(Cl)c(Cl)c3)c3c2ccc2ccccc32)c1. The van der Waals surface area contributed by atoms with E-state index in [0.717, 1.165) is 27.6 Å². The molecule has 0 saturated carbocycles. The molecule has 0 radical (unpaired) electrons. The highest BCUT2D eigenvalue weighted by Crippen LogP contribution is 2.45. The molecule has 1 atom stereocenters. The average Bonchev–Trinajstić information content (AvgIpc) is 2.77. The third kappa shape index (κ3) is 3.71. The van der Waals surface area contributed by atoms with E-state index in [9.17, 15) is 4.79 Å². The highest BCUT2D eigenvalue weighted by atomic mass is 35.5. The number of nitrogens with zero attached hydrogens (tertiary/aromatic N) is 1. The normalized spacial score (nSPS) is 15.9. The van der Waals surface area contributed by atoms with Gasteiger partial charge in [-0.25, -0.2) is 0 Å². The van der Waals surface area contributed by atoms with Crippen molar-refractivity contribution >= 4 is 45.6 Å². The minimum absolute atomic E-state index is 0.0721. The molecule has 0 bridgehead atoms. The van der Waals surface area contributed by atoms with Crippen LogP contribution in [0.1, 0.15) is 34.6 Å². The number of hydrogen-bond donors (Lipinski definition) is 0. The molecule has 0 saturated heterocycles. The molecule has 31 heavy (non-hydrogen) atoms. The first kappa shape index (κ1) is 20.1. The first-order valence-electron chi connectivity index (χ1n) is 10.3. The third-order valence-electron chi connectivity index (χ3n) is 6.04. The van der Waals surface area contributed by atoms with Crippen molar-refractivity contribution in [3.8, 4) is 0 Å². The molecule has 0 aromatic heterocycles. The maximum atomic E-state index is 13.4. The van der Waals surface area contributed by atoms with E-state index in [0.29, 0.717) is 23.0 Å². The van der Waals surface area contributed by atoms with Gasteiger partial charge in [-0.2, -0.15) is 0 Å². The Morgan fingerprint density at radius 1 is 0.903 bits per heavy atom. The lowest BCUT2D eigenvalue weighted by atomic mass is 9.81. The van der Waals surface area contributed by atoms with E-state index < -0.39 is 0 Å². The quantitative estimate of drug-likeness (QED) is 0.319. The van der Waals surface area contributed by atoms with E-state index >= 15 is 0 Å². The van der Waals surface area contributed by atoms with E-state index in [1.54, 1.807) is 0 Å². The van der Waals surface area contributed by atoms with Crippen molar-refractivity contribution in [2.24, 2.45) is 0 Å². The molecule has 5 rings (SSSR count). The first-order valence-corrected chi connectivity index (χ1v) is 11.1. The molecule has 4 aromatic rings. The molecule has 1 aliphatic heterocycles. The summed E-state index contributed by atoms with van der Waals surface area (Å²) in [7, 11) is 0. The highest BCUT2D eigenvalue weighted by Gasteiger charge is 2.33. The number of aryl methyl sites for hydroxylation is 1. The minimum Gasteiger partial charge on any atom is -0.308 e. The largest absolute Gasteiger partial charge is 0.308 e. The van der Waals surface area contributed by atoms with E-state index in [-0.39, 0.29) is 11.8 Å². The zero-order valence-corrected chi connectivity index (χ0v) is 18.6. The van der Waals surface area contributed by atoms with E-state index in [2.05, 4.69) is 55.5 Å². The Labute approximate surface area is 192 Å². The summed E-state index contributed by atoms with van der Waals surface area (Å²) in [5.41, 5.74) is 5.46. The second kappa shape index (κ2) is 8.03. The molecular formula is C27H21Cl2NO. The summed E-state index contributed by atoms with van der Waals surface area (Å²) in [4.78, 5) is 15.3. The second-order valence-corrected chi connectivity index (χ2v) is 8.93. The Bertz CT molecular complexity index is 1310. The van der Waals surface area contributed by atoms with Crippen molar-refractivity contribution in [2.45, 2.75) is 25.8 Å². The first-order chi connectivity index (χ1) is 15.0. The minimum atomic E-state index is -0.0721. The summed E-state index contributed by atoms with van der Waals surface area (Å²) in [6, 6.07) is 26.5. The van der Waals surface area contributed by atoms with Crippen LogP contribution in [0.4, 0.5) is 5.69 Å². The second-order valence-electron chi connectivity index (χ2n) is 8.12. The number of rotatable bonds is 3. The summed E-state index contributed by atoms with van der Waals surface area (Å²) in [5.74, 6) is 0.0393. The summed E-state index contributed by atoms with van der Waals surface area (Å²) < 4.78 is 0. The van der Waals surface area contributed by atoms with Crippen molar-refractivity contribution in [1.29, 1.82) is 0 Å². The lowest BCUT2D eigenvalue weighted by Gasteiger charge is -2.35. The summed E-state index contributed by atoms with van der Waals surface area (Å²) in [6.07, 6.45) is 0.394. The molecule has 0 spiro atoms. The van der Waals surface area contributed by atoms with Gasteiger partial charge < -0.3 is 4.90 Å². The number of fused-ring (bicyclic) bond motifs is 3. The fraction of sp³-hybridized carbons (Fsp3) is 0.148. The zero-order chi connectivity index (χ0) is 21.5. The van der Waals surface area contributed by atoms with Gasteiger partial charge in [0.25, 0.3) is 0 Å². The van der Waals surface area contributed by atoms with Crippen LogP contribution in [0.2, 0.25) is 10.0 Å². The number of halogens is 2. The van der Waals surface area contributed by atoms with Crippen LogP contribution in [0.3, 0.4) is 0 Å². The number of amides is 1. The van der Waals surface area contributed by atoms with Gasteiger partial charge >= 0.3 is 0 Å². The molecule has 1 amide bonds. The molecule has 4 aromatic carbocycles. The van der Waals surface area contributed by atoms with Crippen LogP contribution in [0.25, 0.3) is 10.8 Å². The standard InChI is InChI=1S/C27H21Cl2NO/c1-17-5-4-6-18(13-17)16-30-25-12-10-19-7-2-3-8-21(19)27(25)22(15-26(30)31)20-9-11-23(28)24(29)14-20/h2-14,22H,15-16H2,1H3. The van der Waals surface area contributed by atoms with E-state index in [1.165, 1.54) is 11.1 Å². The maximum absolute atomic E-state index is 13.4. The highest BCUT2D eigenvalue weighted by molar-refractivity contribution is 6.42. The Kier molecular flexibility index (Phi) is 5.21. The van der Waals surface area contributed by atoms with Crippen molar-refractivity contribution in [1.82, 2.24) is 0 Å². The average molecular weight is 446 g/mol. The maximum Gasteiger partial charge on any atom is 0.228 e. The molecule has 4 heteroatoms. The lowest BCUT2D eigenvalue weighted by Crippen LogP contribution is -2.36. The van der Waals surface area contributed by atoms with Crippen molar-refractivity contribution in [2.75, 3.05) is 4.90 Å². The van der Waals surface area contributed by atoms with Gasteiger partial charge in [0.15, 0.2) is 0 Å². The van der Waals surface area contributed by atoms with Gasteiger partial charge in [-0.15, -0.1) is 0 Å². The summed E-state index contributed by atoms with van der Waals surface area (Å²) >= 11 is 12.5. The lowest BCUT2D eigenvalue weighted by molar-refractivity contribution is -0.119. The van der Waals surface area contributed by atoms with Crippen LogP contribution in [-0.2, 0) is 11.3 Å². The van der Waals surface area contributed by atoms with Gasteiger partial charge in [0, 0.05) is 18.0 Å². The van der Waals surface area contributed by atoms with E-state index in [1.807, 2.05) is 35.2 Å². The number of anilines is 1. The summed E-state index contributed by atoms with van der Waals surface area (Å²) in [6.45, 7) is 2.63. The molecule has 1 heterocycles. The van der Waals surface area contributed by atoms with Crippen LogP contribution < -0.4 is 4.90 Å². The molecule has 2 nitrogen and oxygen atoms in total. The number of hydrogen-bond acceptors (Lipinski definition) is 1. The summed E-state index contributed by atoms with van der Waals surface area (Å²) in [5, 5.41) is 3.36. The Balaban J connectivity index is 1.69. The van der Waals surface area contributed by atoms with Gasteiger partial charge in [0.1, 0.15) is 0 Å². The number of carbonyl (C=O) groups excluding carboxylic acids is 1. The van der Waals surface area contributed by atoms with Crippen molar-refractivity contribution < 1.29 is 4.79 Å². The fourth-order valence-electron chi connectivity index (χ4n) is 4.59. The Morgan fingerprint density at radius 3 is 2.55 bits per heavy atom. The van der Waals surface area contributed by atoms with Crippen LogP contribution in [0, 0.1) is 6.92 Å². The zero-order valence-electron chi connectivity index (χ0n) is 17.1. The smallest absolute Gasteiger partial charge is 0.228 e. The predicted octanol–water partition coefficient (Wildman–Crippen LogP) is 7.52. The number of benzene rings is 4. The fourth-order valence-corrected chi connectivity index (χ4v) is 4.89. The molecule has 0 N–H and O–H groups in total. The molecule has 1 aliphatic rings.